The Morgan fingerprint density at radius 1 is 0.236 bits per heavy atom. The van der Waals surface area contributed by atoms with E-state index in [4.69, 9.17) is 0 Å². The van der Waals surface area contributed by atoms with E-state index in [-0.39, 0.29) is 0 Å². The molecule has 55 heavy (non-hydrogen) atoms. The van der Waals surface area contributed by atoms with E-state index in [1.807, 2.05) is 0 Å². The van der Waals surface area contributed by atoms with E-state index in [0.29, 0.717) is 0 Å². The zero-order valence-electron chi connectivity index (χ0n) is 30.3. The minimum atomic E-state index is 1.09. The minimum Gasteiger partial charge on any atom is -0.310 e. The SMILES string of the molecule is c1ccc(-c2ccc(N(c3ccc(-c4cccc5ccccc45)cc3)c3cc(-c4cccc5c4ccc4ccccc45)ccc3-c3ccccc3)cc2)cc1. The summed E-state index contributed by atoms with van der Waals surface area (Å²) in [5.41, 5.74) is 12.9. The van der Waals surface area contributed by atoms with Gasteiger partial charge in [-0.1, -0.05) is 194 Å². The molecule has 0 aliphatic carbocycles. The quantitative estimate of drug-likeness (QED) is 0.150. The maximum Gasteiger partial charge on any atom is 0.0546 e. The van der Waals surface area contributed by atoms with Crippen molar-refractivity contribution in [1.82, 2.24) is 0 Å². The van der Waals surface area contributed by atoms with E-state index in [1.54, 1.807) is 0 Å². The number of anilines is 3. The normalized spacial score (nSPS) is 11.3. The van der Waals surface area contributed by atoms with E-state index >= 15 is 0 Å². The first kappa shape index (κ1) is 32.4. The molecule has 0 unspecified atom stereocenters. The molecule has 0 aliphatic rings. The van der Waals surface area contributed by atoms with Crippen LogP contribution in [0.2, 0.25) is 0 Å². The van der Waals surface area contributed by atoms with Gasteiger partial charge in [0, 0.05) is 16.9 Å². The summed E-state index contributed by atoms with van der Waals surface area (Å²) in [5, 5.41) is 7.54. The number of hydrogen-bond donors (Lipinski definition) is 0. The van der Waals surface area contributed by atoms with Gasteiger partial charge in [-0.15, -0.1) is 0 Å². The van der Waals surface area contributed by atoms with Crippen LogP contribution in [0.15, 0.2) is 224 Å². The molecule has 0 atom stereocenters. The molecule has 1 heteroatoms. The average Bonchev–Trinajstić information content (AvgIpc) is 3.27. The molecule has 0 N–H and O–H groups in total. The van der Waals surface area contributed by atoms with Gasteiger partial charge in [-0.2, -0.15) is 0 Å². The Morgan fingerprint density at radius 3 is 1.42 bits per heavy atom. The molecule has 0 aliphatic heterocycles. The number of nitrogens with zero attached hydrogens (tertiary/aromatic N) is 1. The van der Waals surface area contributed by atoms with Gasteiger partial charge in [-0.05, 0) is 102 Å². The highest BCUT2D eigenvalue weighted by molar-refractivity contribution is 6.12. The van der Waals surface area contributed by atoms with E-state index < -0.39 is 0 Å². The molecule has 0 spiro atoms. The molecule has 0 fully saturated rings. The van der Waals surface area contributed by atoms with E-state index in [1.165, 1.54) is 76.8 Å². The molecule has 0 heterocycles. The summed E-state index contributed by atoms with van der Waals surface area (Å²) < 4.78 is 0. The second kappa shape index (κ2) is 14.0. The second-order valence-electron chi connectivity index (χ2n) is 14.1. The van der Waals surface area contributed by atoms with Crippen LogP contribution >= 0.6 is 0 Å². The molecule has 0 radical (unpaired) electrons. The Hall–Kier alpha value is -7.22. The maximum atomic E-state index is 2.42. The van der Waals surface area contributed by atoms with Gasteiger partial charge in [-0.25, -0.2) is 0 Å². The number of benzene rings is 10. The summed E-state index contributed by atoms with van der Waals surface area (Å²) in [6, 6.07) is 81.5. The number of hydrogen-bond acceptors (Lipinski definition) is 1. The van der Waals surface area contributed by atoms with Crippen LogP contribution in [0.5, 0.6) is 0 Å². The van der Waals surface area contributed by atoms with Crippen molar-refractivity contribution in [2.45, 2.75) is 0 Å². The second-order valence-corrected chi connectivity index (χ2v) is 14.1. The third kappa shape index (κ3) is 6.02. The van der Waals surface area contributed by atoms with Crippen LogP contribution in [-0.2, 0) is 0 Å². The lowest BCUT2D eigenvalue weighted by Crippen LogP contribution is -2.11. The Bertz CT molecular complexity index is 2940. The lowest BCUT2D eigenvalue weighted by molar-refractivity contribution is 1.28. The fraction of sp³-hybridized carbons (Fsp3) is 0. The van der Waals surface area contributed by atoms with Crippen molar-refractivity contribution in [3.05, 3.63) is 224 Å². The fourth-order valence-corrected chi connectivity index (χ4v) is 8.17. The monoisotopic (exact) mass is 699 g/mol. The molecule has 258 valence electrons. The first-order valence-electron chi connectivity index (χ1n) is 18.9. The van der Waals surface area contributed by atoms with Crippen molar-refractivity contribution in [2.75, 3.05) is 4.90 Å². The van der Waals surface area contributed by atoms with Crippen molar-refractivity contribution in [1.29, 1.82) is 0 Å². The maximum absolute atomic E-state index is 2.42. The predicted octanol–water partition coefficient (Wildman–Crippen LogP) is 15.3. The fourth-order valence-electron chi connectivity index (χ4n) is 8.17. The van der Waals surface area contributed by atoms with Gasteiger partial charge in [0.15, 0.2) is 0 Å². The van der Waals surface area contributed by atoms with Crippen LogP contribution in [0, 0.1) is 0 Å². The van der Waals surface area contributed by atoms with Gasteiger partial charge >= 0.3 is 0 Å². The number of rotatable bonds is 7. The molecular weight excluding hydrogens is 663 g/mol. The Labute approximate surface area is 322 Å². The molecule has 0 saturated carbocycles. The molecule has 1 nitrogen and oxygen atoms in total. The highest BCUT2D eigenvalue weighted by Crippen LogP contribution is 2.45. The molecule has 10 rings (SSSR count). The van der Waals surface area contributed by atoms with Crippen LogP contribution in [0.4, 0.5) is 17.1 Å². The Kier molecular flexibility index (Phi) is 8.24. The summed E-state index contributed by atoms with van der Waals surface area (Å²) in [6.07, 6.45) is 0. The van der Waals surface area contributed by atoms with Crippen molar-refractivity contribution >= 4 is 49.4 Å². The molecule has 10 aromatic carbocycles. The average molecular weight is 700 g/mol. The van der Waals surface area contributed by atoms with Crippen LogP contribution in [0.3, 0.4) is 0 Å². The largest absolute Gasteiger partial charge is 0.310 e. The lowest BCUT2D eigenvalue weighted by Gasteiger charge is -2.29. The van der Waals surface area contributed by atoms with Gasteiger partial charge in [-0.3, -0.25) is 0 Å². The smallest absolute Gasteiger partial charge is 0.0546 e. The van der Waals surface area contributed by atoms with Crippen molar-refractivity contribution < 1.29 is 0 Å². The van der Waals surface area contributed by atoms with E-state index in [2.05, 4.69) is 229 Å². The van der Waals surface area contributed by atoms with E-state index in [0.717, 1.165) is 17.1 Å². The van der Waals surface area contributed by atoms with Crippen LogP contribution in [0.1, 0.15) is 0 Å². The van der Waals surface area contributed by atoms with Gasteiger partial charge < -0.3 is 4.90 Å². The highest BCUT2D eigenvalue weighted by Gasteiger charge is 2.20. The van der Waals surface area contributed by atoms with Crippen LogP contribution in [-0.4, -0.2) is 0 Å². The Balaban J connectivity index is 1.18. The molecule has 0 saturated heterocycles. The lowest BCUT2D eigenvalue weighted by atomic mass is 9.92. The van der Waals surface area contributed by atoms with Gasteiger partial charge in [0.05, 0.1) is 5.69 Å². The zero-order valence-corrected chi connectivity index (χ0v) is 30.3. The molecule has 10 aromatic rings. The number of fused-ring (bicyclic) bond motifs is 4. The third-order valence-corrected chi connectivity index (χ3v) is 10.9. The van der Waals surface area contributed by atoms with Crippen molar-refractivity contribution in [3.63, 3.8) is 0 Å². The topological polar surface area (TPSA) is 3.24 Å². The first-order chi connectivity index (χ1) is 27.3. The van der Waals surface area contributed by atoms with Gasteiger partial charge in [0.1, 0.15) is 0 Å². The summed E-state index contributed by atoms with van der Waals surface area (Å²) in [4.78, 5) is 2.42. The van der Waals surface area contributed by atoms with Crippen LogP contribution in [0.25, 0.3) is 76.8 Å². The zero-order chi connectivity index (χ0) is 36.6. The van der Waals surface area contributed by atoms with Crippen molar-refractivity contribution in [3.8, 4) is 44.5 Å². The first-order valence-corrected chi connectivity index (χ1v) is 18.9. The highest BCUT2D eigenvalue weighted by atomic mass is 15.1. The summed E-state index contributed by atoms with van der Waals surface area (Å²) >= 11 is 0. The van der Waals surface area contributed by atoms with Gasteiger partial charge in [0.2, 0.25) is 0 Å². The third-order valence-electron chi connectivity index (χ3n) is 10.9. The minimum absolute atomic E-state index is 1.09. The molecule has 0 aromatic heterocycles. The summed E-state index contributed by atoms with van der Waals surface area (Å²) in [6.45, 7) is 0. The molecule has 0 bridgehead atoms. The summed E-state index contributed by atoms with van der Waals surface area (Å²) in [5.74, 6) is 0. The molecule has 0 amide bonds. The standard InChI is InChI=1S/C54H37N/c1-3-13-38(14-4-1)39-25-31-45(32-26-39)55(46-33-27-43(28-34-46)48-22-11-19-40-17-7-9-20-47(40)48)54-37-44(30-35-51(54)41-15-5-2-6-16-41)50-23-12-24-52-49-21-10-8-18-42(49)29-36-53(50)52/h1-37H. The van der Waals surface area contributed by atoms with Gasteiger partial charge in [0.25, 0.3) is 0 Å². The van der Waals surface area contributed by atoms with Crippen LogP contribution < -0.4 is 4.90 Å². The summed E-state index contributed by atoms with van der Waals surface area (Å²) in [7, 11) is 0. The molecular formula is C54H37N. The van der Waals surface area contributed by atoms with Crippen molar-refractivity contribution in [2.24, 2.45) is 0 Å². The van der Waals surface area contributed by atoms with E-state index in [9.17, 15) is 0 Å². The predicted molar refractivity (Wildman–Crippen MR) is 235 cm³/mol. The Morgan fingerprint density at radius 2 is 0.709 bits per heavy atom.